The molecule has 5 nitrogen and oxygen atoms in total. The van der Waals surface area contributed by atoms with Crippen LogP contribution < -0.4 is 10.6 Å². The van der Waals surface area contributed by atoms with Gasteiger partial charge < -0.3 is 15.7 Å². The maximum Gasteiger partial charge on any atom is 0.327 e. The third-order valence-corrected chi connectivity index (χ3v) is 2.20. The van der Waals surface area contributed by atoms with Crippen LogP contribution in [0.2, 0.25) is 0 Å². The van der Waals surface area contributed by atoms with E-state index in [2.05, 4.69) is 16.6 Å². The summed E-state index contributed by atoms with van der Waals surface area (Å²) in [5.74, 6) is 1.04. The predicted octanol–water partition coefficient (Wildman–Crippen LogP) is 1.59. The second-order valence-corrected chi connectivity index (χ2v) is 3.77. The first-order valence-electron chi connectivity index (χ1n) is 5.33. The Balaban J connectivity index is 2.61. The van der Waals surface area contributed by atoms with Crippen molar-refractivity contribution in [1.82, 2.24) is 5.32 Å². The van der Waals surface area contributed by atoms with E-state index in [0.29, 0.717) is 5.69 Å². The Morgan fingerprint density at radius 2 is 2.22 bits per heavy atom. The number of carboxylic acid groups (broad SMARTS) is 1. The largest absolute Gasteiger partial charge is 0.480 e. The predicted molar refractivity (Wildman–Crippen MR) is 68.2 cm³/mol. The Labute approximate surface area is 105 Å². The lowest BCUT2D eigenvalue weighted by Crippen LogP contribution is -2.42. The summed E-state index contributed by atoms with van der Waals surface area (Å²) in [5.41, 5.74) is 1.59. The van der Waals surface area contributed by atoms with Crippen LogP contribution in [0.25, 0.3) is 0 Å². The first kappa shape index (κ1) is 13.6. The molecule has 2 amide bonds. The molecule has 0 spiro atoms. The number of aryl methyl sites for hydroxylation is 1. The number of urea groups is 1. The number of hydrogen-bond acceptors (Lipinski definition) is 2. The molecule has 1 rings (SSSR count). The van der Waals surface area contributed by atoms with Gasteiger partial charge in [0.2, 0.25) is 0 Å². The summed E-state index contributed by atoms with van der Waals surface area (Å²) in [4.78, 5) is 22.4. The maximum atomic E-state index is 11.6. The Morgan fingerprint density at radius 1 is 1.50 bits per heavy atom. The molecule has 1 aromatic rings. The van der Waals surface area contributed by atoms with Gasteiger partial charge in [-0.25, -0.2) is 9.59 Å². The zero-order valence-corrected chi connectivity index (χ0v) is 9.93. The lowest BCUT2D eigenvalue weighted by atomic mass is 10.2. The van der Waals surface area contributed by atoms with Crippen LogP contribution in [0.4, 0.5) is 10.5 Å². The molecule has 0 aliphatic heterocycles. The third-order valence-electron chi connectivity index (χ3n) is 2.20. The molecule has 1 atom stereocenters. The summed E-state index contributed by atoms with van der Waals surface area (Å²) >= 11 is 0. The molecular weight excluding hydrogens is 232 g/mol. The van der Waals surface area contributed by atoms with Crippen molar-refractivity contribution in [2.24, 2.45) is 0 Å². The first-order chi connectivity index (χ1) is 8.52. The van der Waals surface area contributed by atoms with Crippen LogP contribution in [0.15, 0.2) is 24.3 Å². The van der Waals surface area contributed by atoms with Crippen molar-refractivity contribution in [2.45, 2.75) is 19.4 Å². The van der Waals surface area contributed by atoms with Crippen molar-refractivity contribution in [1.29, 1.82) is 0 Å². The first-order valence-corrected chi connectivity index (χ1v) is 5.33. The summed E-state index contributed by atoms with van der Waals surface area (Å²) in [6, 6.07) is 5.49. The molecule has 0 radical (unpaired) electrons. The molecule has 0 aromatic heterocycles. The Bertz CT molecular complexity index is 491. The summed E-state index contributed by atoms with van der Waals surface area (Å²) in [7, 11) is 0. The van der Waals surface area contributed by atoms with Gasteiger partial charge in [-0.15, -0.1) is 12.3 Å². The number of terminal acetylenes is 1. The number of rotatable bonds is 4. The monoisotopic (exact) mass is 246 g/mol. The van der Waals surface area contributed by atoms with E-state index in [1.807, 2.05) is 13.0 Å². The number of carbonyl (C=O) groups is 2. The average Bonchev–Trinajstić information content (AvgIpc) is 2.28. The minimum atomic E-state index is -1.16. The van der Waals surface area contributed by atoms with E-state index >= 15 is 0 Å². The highest BCUT2D eigenvalue weighted by Gasteiger charge is 2.18. The average molecular weight is 246 g/mol. The van der Waals surface area contributed by atoms with E-state index in [1.165, 1.54) is 0 Å². The molecule has 5 heteroatoms. The highest BCUT2D eigenvalue weighted by atomic mass is 16.4. The van der Waals surface area contributed by atoms with E-state index in [0.717, 1.165) is 5.56 Å². The molecular formula is C13H14N2O3. The van der Waals surface area contributed by atoms with Crippen LogP contribution in [0.5, 0.6) is 0 Å². The Hall–Kier alpha value is -2.48. The fraction of sp³-hybridized carbons (Fsp3) is 0.231. The molecule has 3 N–H and O–H groups in total. The molecule has 0 saturated carbocycles. The highest BCUT2D eigenvalue weighted by Crippen LogP contribution is 2.09. The zero-order chi connectivity index (χ0) is 13.5. The SMILES string of the molecule is C#CCC(NC(=O)Nc1cccc(C)c1)C(=O)O. The van der Waals surface area contributed by atoms with Gasteiger partial charge in [0, 0.05) is 12.1 Å². The molecule has 0 bridgehead atoms. The summed E-state index contributed by atoms with van der Waals surface area (Å²) in [6.07, 6.45) is 4.97. The number of carbonyl (C=O) groups excluding carboxylic acids is 1. The lowest BCUT2D eigenvalue weighted by molar-refractivity contribution is -0.139. The van der Waals surface area contributed by atoms with Crippen molar-refractivity contribution < 1.29 is 14.7 Å². The molecule has 0 heterocycles. The number of aliphatic carboxylic acids is 1. The number of carboxylic acids is 1. The highest BCUT2D eigenvalue weighted by molar-refractivity contribution is 5.92. The fourth-order valence-corrected chi connectivity index (χ4v) is 1.37. The van der Waals surface area contributed by atoms with Crippen LogP contribution >= 0.6 is 0 Å². The summed E-state index contributed by atoms with van der Waals surface area (Å²) < 4.78 is 0. The molecule has 1 unspecified atom stereocenters. The van der Waals surface area contributed by atoms with Crippen LogP contribution in [-0.2, 0) is 4.79 Å². The number of nitrogens with one attached hydrogen (secondary N) is 2. The van der Waals surface area contributed by atoms with E-state index in [4.69, 9.17) is 11.5 Å². The molecule has 0 aliphatic rings. The van der Waals surface area contributed by atoms with Gasteiger partial charge in [-0.2, -0.15) is 0 Å². The lowest BCUT2D eigenvalue weighted by Gasteiger charge is -2.13. The van der Waals surface area contributed by atoms with Crippen molar-refractivity contribution in [3.05, 3.63) is 29.8 Å². The van der Waals surface area contributed by atoms with E-state index < -0.39 is 18.0 Å². The Morgan fingerprint density at radius 3 is 2.78 bits per heavy atom. The van der Waals surface area contributed by atoms with Crippen molar-refractivity contribution in [3.63, 3.8) is 0 Å². The smallest absolute Gasteiger partial charge is 0.327 e. The topological polar surface area (TPSA) is 78.4 Å². The van der Waals surface area contributed by atoms with E-state index in [-0.39, 0.29) is 6.42 Å². The quantitative estimate of drug-likeness (QED) is 0.706. The summed E-state index contributed by atoms with van der Waals surface area (Å²) in [5, 5.41) is 13.7. The van der Waals surface area contributed by atoms with Gasteiger partial charge in [0.25, 0.3) is 0 Å². The van der Waals surface area contributed by atoms with Crippen LogP contribution in [0.1, 0.15) is 12.0 Å². The van der Waals surface area contributed by atoms with Crippen molar-refractivity contribution >= 4 is 17.7 Å². The molecule has 94 valence electrons. The fourth-order valence-electron chi connectivity index (χ4n) is 1.37. The van der Waals surface area contributed by atoms with Gasteiger partial charge in [-0.3, -0.25) is 0 Å². The van der Waals surface area contributed by atoms with Crippen LogP contribution in [-0.4, -0.2) is 23.1 Å². The van der Waals surface area contributed by atoms with Gasteiger partial charge >= 0.3 is 12.0 Å². The van der Waals surface area contributed by atoms with E-state index in [9.17, 15) is 9.59 Å². The Kier molecular flexibility index (Phi) is 4.76. The number of benzene rings is 1. The molecule has 0 aliphatic carbocycles. The second kappa shape index (κ2) is 6.30. The number of amides is 2. The van der Waals surface area contributed by atoms with Crippen molar-refractivity contribution in [3.8, 4) is 12.3 Å². The van der Waals surface area contributed by atoms with Crippen LogP contribution in [0, 0.1) is 19.3 Å². The number of hydrogen-bond donors (Lipinski definition) is 3. The second-order valence-electron chi connectivity index (χ2n) is 3.77. The van der Waals surface area contributed by atoms with Gasteiger partial charge in [0.05, 0.1) is 0 Å². The molecule has 18 heavy (non-hydrogen) atoms. The maximum absolute atomic E-state index is 11.6. The third kappa shape index (κ3) is 4.18. The normalized spacial score (nSPS) is 11.1. The van der Waals surface area contributed by atoms with Gasteiger partial charge in [0.1, 0.15) is 6.04 Å². The van der Waals surface area contributed by atoms with Crippen LogP contribution in [0.3, 0.4) is 0 Å². The van der Waals surface area contributed by atoms with Gasteiger partial charge in [-0.1, -0.05) is 12.1 Å². The minimum Gasteiger partial charge on any atom is -0.480 e. The zero-order valence-electron chi connectivity index (χ0n) is 9.93. The summed E-state index contributed by atoms with van der Waals surface area (Å²) in [6.45, 7) is 1.89. The van der Waals surface area contributed by atoms with Gasteiger partial charge in [0.15, 0.2) is 0 Å². The minimum absolute atomic E-state index is 0.0590. The molecule has 0 saturated heterocycles. The van der Waals surface area contributed by atoms with Gasteiger partial charge in [-0.05, 0) is 24.6 Å². The molecule has 0 fully saturated rings. The van der Waals surface area contributed by atoms with E-state index in [1.54, 1.807) is 18.2 Å². The standard InChI is InChI=1S/C13H14N2O3/c1-3-5-11(12(16)17)15-13(18)14-10-7-4-6-9(2)8-10/h1,4,6-8,11H,5H2,2H3,(H,16,17)(H2,14,15,18). The number of anilines is 1. The molecule has 1 aromatic carbocycles. The van der Waals surface area contributed by atoms with Crippen molar-refractivity contribution in [2.75, 3.05) is 5.32 Å².